The van der Waals surface area contributed by atoms with Crippen LogP contribution in [0.4, 0.5) is 0 Å². The maximum Gasteiger partial charge on any atom is 0.185 e. The molecule has 0 fully saturated rings. The average Bonchev–Trinajstić information content (AvgIpc) is 2.72. The molecule has 0 heterocycles. The van der Waals surface area contributed by atoms with E-state index in [4.69, 9.17) is 11.6 Å². The number of carbonyl (C=O) groups excluding carboxylic acids is 2. The van der Waals surface area contributed by atoms with Crippen LogP contribution in [0.15, 0.2) is 82.9 Å². The first-order valence-corrected chi connectivity index (χ1v) is 10.3. The van der Waals surface area contributed by atoms with E-state index < -0.39 is 0 Å². The van der Waals surface area contributed by atoms with Crippen LogP contribution in [0.2, 0.25) is 0 Å². The van der Waals surface area contributed by atoms with Gasteiger partial charge in [-0.15, -0.1) is 0 Å². The Balaban J connectivity index is 1.71. The highest BCUT2D eigenvalue weighted by Gasteiger charge is 2.15. The first kappa shape index (κ1) is 21.0. The van der Waals surface area contributed by atoms with Gasteiger partial charge in [0.2, 0.25) is 0 Å². The van der Waals surface area contributed by atoms with Gasteiger partial charge in [-0.3, -0.25) is 9.59 Å². The fourth-order valence-electron chi connectivity index (χ4n) is 3.31. The molecule has 0 saturated heterocycles. The molecule has 1 aliphatic rings. The number of hydrogen-bond donors (Lipinski definition) is 0. The number of ketones is 2. The Morgan fingerprint density at radius 3 is 2.10 bits per heavy atom. The Kier molecular flexibility index (Phi) is 7.00. The molecular formula is C26H25ClO2. The Morgan fingerprint density at radius 2 is 1.48 bits per heavy atom. The Morgan fingerprint density at radius 1 is 0.897 bits per heavy atom. The molecule has 3 rings (SSSR count). The third-order valence-electron chi connectivity index (χ3n) is 5.14. The summed E-state index contributed by atoms with van der Waals surface area (Å²) in [6.45, 7) is 4.00. The molecule has 0 saturated carbocycles. The van der Waals surface area contributed by atoms with Crippen LogP contribution in [0.5, 0.6) is 0 Å². The number of allylic oxidation sites excluding steroid dienone is 6. The Hall–Kier alpha value is -2.71. The Labute approximate surface area is 177 Å². The zero-order chi connectivity index (χ0) is 20.8. The lowest BCUT2D eigenvalue weighted by Gasteiger charge is -2.17. The minimum Gasteiger partial charge on any atom is -0.294 e. The van der Waals surface area contributed by atoms with Gasteiger partial charge < -0.3 is 0 Å². The summed E-state index contributed by atoms with van der Waals surface area (Å²) in [6.07, 6.45) is 8.30. The van der Waals surface area contributed by atoms with Crippen molar-refractivity contribution in [3.63, 3.8) is 0 Å². The van der Waals surface area contributed by atoms with Gasteiger partial charge in [-0.25, -0.2) is 0 Å². The zero-order valence-electron chi connectivity index (χ0n) is 16.9. The lowest BCUT2D eigenvalue weighted by atomic mass is 9.92. The van der Waals surface area contributed by atoms with Crippen molar-refractivity contribution in [2.24, 2.45) is 0 Å². The van der Waals surface area contributed by atoms with Gasteiger partial charge in [0, 0.05) is 22.6 Å². The molecule has 2 aromatic rings. The molecule has 148 valence electrons. The van der Waals surface area contributed by atoms with Crippen molar-refractivity contribution < 1.29 is 9.59 Å². The number of rotatable bonds is 6. The summed E-state index contributed by atoms with van der Waals surface area (Å²) in [7, 11) is 0. The fourth-order valence-corrected chi connectivity index (χ4v) is 3.64. The second-order valence-electron chi connectivity index (χ2n) is 7.48. The van der Waals surface area contributed by atoms with E-state index in [1.165, 1.54) is 0 Å². The van der Waals surface area contributed by atoms with E-state index in [1.807, 2.05) is 74.5 Å². The van der Waals surface area contributed by atoms with E-state index in [1.54, 1.807) is 6.08 Å². The highest BCUT2D eigenvalue weighted by Crippen LogP contribution is 2.33. The van der Waals surface area contributed by atoms with Crippen LogP contribution in [-0.2, 0) is 0 Å². The monoisotopic (exact) mass is 404 g/mol. The van der Waals surface area contributed by atoms with Gasteiger partial charge in [0.05, 0.1) is 0 Å². The number of Topliss-reactive ketones (excluding diaryl/α,β-unsaturated/α-hetero) is 1. The summed E-state index contributed by atoms with van der Waals surface area (Å²) in [5.41, 5.74) is 5.58. The minimum atomic E-state index is -0.0346. The summed E-state index contributed by atoms with van der Waals surface area (Å²) in [6, 6.07) is 15.1. The van der Waals surface area contributed by atoms with Crippen LogP contribution in [0.3, 0.4) is 0 Å². The molecular weight excluding hydrogens is 380 g/mol. The average molecular weight is 405 g/mol. The summed E-state index contributed by atoms with van der Waals surface area (Å²) < 4.78 is 0. The first-order valence-electron chi connectivity index (χ1n) is 9.91. The SMILES string of the molecule is Cc1ccc(C(=O)/C=C/C2=C(Cl)C(=C/CC(=O)c3ccc(C)cc3)/CCC2)cc1. The second kappa shape index (κ2) is 9.67. The molecule has 0 bridgehead atoms. The molecule has 1 aliphatic carbocycles. The Bertz CT molecular complexity index is 990. The summed E-state index contributed by atoms with van der Waals surface area (Å²) >= 11 is 6.59. The van der Waals surface area contributed by atoms with E-state index in [9.17, 15) is 9.59 Å². The quantitative estimate of drug-likeness (QED) is 0.386. The molecule has 0 aliphatic heterocycles. The van der Waals surface area contributed by atoms with Crippen LogP contribution < -0.4 is 0 Å². The van der Waals surface area contributed by atoms with E-state index in [0.29, 0.717) is 22.6 Å². The number of carbonyl (C=O) groups is 2. The van der Waals surface area contributed by atoms with E-state index in [-0.39, 0.29) is 11.6 Å². The zero-order valence-corrected chi connectivity index (χ0v) is 17.6. The number of aryl methyl sites for hydroxylation is 2. The highest BCUT2D eigenvalue weighted by molar-refractivity contribution is 6.32. The normalized spacial score (nSPS) is 15.9. The summed E-state index contributed by atoms with van der Waals surface area (Å²) in [4.78, 5) is 24.8. The fraction of sp³-hybridized carbons (Fsp3) is 0.231. The maximum atomic E-state index is 12.4. The summed E-state index contributed by atoms with van der Waals surface area (Å²) in [5, 5.41) is 0.668. The molecule has 2 nitrogen and oxygen atoms in total. The number of benzene rings is 2. The molecule has 0 spiro atoms. The van der Waals surface area contributed by atoms with Crippen molar-refractivity contribution in [1.82, 2.24) is 0 Å². The lowest BCUT2D eigenvalue weighted by Crippen LogP contribution is -2.02. The molecule has 0 radical (unpaired) electrons. The molecule has 3 heteroatoms. The van der Waals surface area contributed by atoms with Gasteiger partial charge in [-0.1, -0.05) is 83.4 Å². The van der Waals surface area contributed by atoms with Gasteiger partial charge in [0.25, 0.3) is 0 Å². The predicted octanol–water partition coefficient (Wildman–Crippen LogP) is 6.92. The van der Waals surface area contributed by atoms with Crippen LogP contribution in [0, 0.1) is 13.8 Å². The number of hydrogen-bond acceptors (Lipinski definition) is 2. The largest absolute Gasteiger partial charge is 0.294 e. The van der Waals surface area contributed by atoms with Crippen molar-refractivity contribution in [2.45, 2.75) is 39.5 Å². The van der Waals surface area contributed by atoms with Crippen LogP contribution in [0.25, 0.3) is 0 Å². The molecule has 0 atom stereocenters. The summed E-state index contributed by atoms with van der Waals surface area (Å²) in [5.74, 6) is 0.0480. The van der Waals surface area contributed by atoms with Gasteiger partial charge >= 0.3 is 0 Å². The first-order chi connectivity index (χ1) is 13.9. The van der Waals surface area contributed by atoms with Crippen molar-refractivity contribution in [3.8, 4) is 0 Å². The molecule has 0 N–H and O–H groups in total. The van der Waals surface area contributed by atoms with E-state index in [0.717, 1.165) is 41.5 Å². The second-order valence-corrected chi connectivity index (χ2v) is 7.86. The van der Waals surface area contributed by atoms with Gasteiger partial charge in [-0.05, 0) is 50.3 Å². The number of halogens is 1. The molecule has 0 amide bonds. The molecule has 0 unspecified atom stereocenters. The van der Waals surface area contributed by atoms with Crippen LogP contribution in [-0.4, -0.2) is 11.6 Å². The third-order valence-corrected chi connectivity index (χ3v) is 5.62. The molecule has 29 heavy (non-hydrogen) atoms. The van der Waals surface area contributed by atoms with Crippen molar-refractivity contribution >= 4 is 23.2 Å². The highest BCUT2D eigenvalue weighted by atomic mass is 35.5. The van der Waals surface area contributed by atoms with Crippen molar-refractivity contribution in [1.29, 1.82) is 0 Å². The lowest BCUT2D eigenvalue weighted by molar-refractivity contribution is 0.0994. The molecule has 0 aromatic heterocycles. The van der Waals surface area contributed by atoms with Crippen LogP contribution >= 0.6 is 11.6 Å². The van der Waals surface area contributed by atoms with Gasteiger partial charge in [-0.2, -0.15) is 0 Å². The van der Waals surface area contributed by atoms with Crippen molar-refractivity contribution in [3.05, 3.63) is 105 Å². The standard InChI is InChI=1S/C26H25ClO2/c1-18-6-10-20(11-7-18)24(28)16-14-22-4-3-5-23(26(22)27)15-17-25(29)21-12-8-19(2)9-13-21/h6-16H,3-5,17H2,1-2H3/b16-14+,23-15+. The van der Waals surface area contributed by atoms with Crippen LogP contribution in [0.1, 0.15) is 57.5 Å². The van der Waals surface area contributed by atoms with Gasteiger partial charge in [0.1, 0.15) is 0 Å². The maximum absolute atomic E-state index is 12.4. The van der Waals surface area contributed by atoms with Crippen molar-refractivity contribution in [2.75, 3.05) is 0 Å². The minimum absolute atomic E-state index is 0.0346. The van der Waals surface area contributed by atoms with E-state index >= 15 is 0 Å². The molecule has 2 aromatic carbocycles. The predicted molar refractivity (Wildman–Crippen MR) is 120 cm³/mol. The van der Waals surface area contributed by atoms with E-state index in [2.05, 4.69) is 0 Å². The van der Waals surface area contributed by atoms with Gasteiger partial charge in [0.15, 0.2) is 11.6 Å². The smallest absolute Gasteiger partial charge is 0.185 e. The third kappa shape index (κ3) is 5.65. The topological polar surface area (TPSA) is 34.1 Å².